The number of hydrogen-bond donors (Lipinski definition) is 1. The number of hydrogen-bond acceptors (Lipinski definition) is 2. The van der Waals surface area contributed by atoms with E-state index in [9.17, 15) is 5.11 Å². The van der Waals surface area contributed by atoms with Crippen LogP contribution in [0.5, 0.6) is 0 Å². The summed E-state index contributed by atoms with van der Waals surface area (Å²) in [5, 5.41) is 11.1. The van der Waals surface area contributed by atoms with E-state index in [0.29, 0.717) is 6.10 Å². The molecule has 0 aromatic heterocycles. The van der Waals surface area contributed by atoms with Gasteiger partial charge in [0.1, 0.15) is 0 Å². The fourth-order valence-corrected chi connectivity index (χ4v) is 3.83. The first kappa shape index (κ1) is 15.3. The normalized spacial score (nSPS) is 40.9. The Morgan fingerprint density at radius 1 is 0.842 bits per heavy atom. The zero-order valence-corrected chi connectivity index (χ0v) is 13.7. The van der Waals surface area contributed by atoms with Crippen molar-refractivity contribution in [3.05, 3.63) is 0 Å². The summed E-state index contributed by atoms with van der Waals surface area (Å²) in [4.78, 5) is 0. The summed E-state index contributed by atoms with van der Waals surface area (Å²) in [6, 6.07) is 0. The van der Waals surface area contributed by atoms with Gasteiger partial charge in [-0.2, -0.15) is 0 Å². The molecule has 0 amide bonds. The average molecular weight is 268 g/mol. The van der Waals surface area contributed by atoms with E-state index < -0.39 is 5.60 Å². The lowest BCUT2D eigenvalue weighted by Gasteiger charge is -2.48. The van der Waals surface area contributed by atoms with Gasteiger partial charge in [-0.25, -0.2) is 0 Å². The molecule has 2 aliphatic rings. The van der Waals surface area contributed by atoms with Gasteiger partial charge >= 0.3 is 0 Å². The zero-order valence-electron chi connectivity index (χ0n) is 13.7. The first-order chi connectivity index (χ1) is 8.49. The maximum absolute atomic E-state index is 11.1. The van der Waals surface area contributed by atoms with Crippen LogP contribution in [0.25, 0.3) is 0 Å². The fourth-order valence-electron chi connectivity index (χ4n) is 3.83. The van der Waals surface area contributed by atoms with Gasteiger partial charge < -0.3 is 9.84 Å². The van der Waals surface area contributed by atoms with Gasteiger partial charge in [0.05, 0.1) is 17.3 Å². The molecule has 0 aromatic rings. The van der Waals surface area contributed by atoms with Crippen LogP contribution < -0.4 is 0 Å². The van der Waals surface area contributed by atoms with Crippen molar-refractivity contribution >= 4 is 0 Å². The van der Waals surface area contributed by atoms with Crippen LogP contribution in [0.3, 0.4) is 0 Å². The number of rotatable bonds is 0. The summed E-state index contributed by atoms with van der Waals surface area (Å²) in [5.41, 5.74) is -0.478. The van der Waals surface area contributed by atoms with Crippen molar-refractivity contribution in [1.29, 1.82) is 0 Å². The first-order valence-corrected chi connectivity index (χ1v) is 7.89. The summed E-state index contributed by atoms with van der Waals surface area (Å²) in [5.74, 6) is 0. The smallest absolute Gasteiger partial charge is 0.0736 e. The Balaban J connectivity index is 2.26. The van der Waals surface area contributed by atoms with E-state index >= 15 is 0 Å². The molecule has 3 atom stereocenters. The maximum Gasteiger partial charge on any atom is 0.0736 e. The van der Waals surface area contributed by atoms with Crippen LogP contribution in [-0.4, -0.2) is 22.4 Å². The Morgan fingerprint density at radius 3 is 1.95 bits per heavy atom. The third-order valence-electron chi connectivity index (χ3n) is 5.85. The summed E-state index contributed by atoms with van der Waals surface area (Å²) >= 11 is 0. The lowest BCUT2D eigenvalue weighted by atomic mass is 9.66. The van der Waals surface area contributed by atoms with Gasteiger partial charge in [-0.3, -0.25) is 0 Å². The highest BCUT2D eigenvalue weighted by molar-refractivity contribution is 5.03. The number of ether oxygens (including phenoxy) is 1. The van der Waals surface area contributed by atoms with Gasteiger partial charge in [-0.15, -0.1) is 0 Å². The molecule has 2 fully saturated rings. The standard InChI is InChI=1S/C17H32O2/c1-14(2,3)16(18)9-7-13-8-10-17(19-13,12-11-16)15(4,5)6/h13,18H,7-12H2,1-6H3/t13-,16?,17-/m0/s1. The Kier molecular flexibility index (Phi) is 3.59. The molecule has 1 N–H and O–H groups in total. The van der Waals surface area contributed by atoms with E-state index in [-0.39, 0.29) is 16.4 Å². The van der Waals surface area contributed by atoms with Crippen molar-refractivity contribution in [2.24, 2.45) is 10.8 Å². The van der Waals surface area contributed by atoms with E-state index in [0.717, 1.165) is 38.5 Å². The SMILES string of the molecule is CC(C)(C)C1(O)CC[C@H]2CC[C@@](C(C)(C)C)(CC1)O2. The fraction of sp³-hybridized carbons (Fsp3) is 1.00. The van der Waals surface area contributed by atoms with Gasteiger partial charge in [-0.05, 0) is 49.4 Å². The van der Waals surface area contributed by atoms with Crippen molar-refractivity contribution < 1.29 is 9.84 Å². The summed E-state index contributed by atoms with van der Waals surface area (Å²) in [7, 11) is 0. The molecule has 1 unspecified atom stereocenters. The van der Waals surface area contributed by atoms with Crippen molar-refractivity contribution in [1.82, 2.24) is 0 Å². The topological polar surface area (TPSA) is 29.5 Å². The molecule has 0 aliphatic carbocycles. The first-order valence-electron chi connectivity index (χ1n) is 7.89. The van der Waals surface area contributed by atoms with Gasteiger partial charge in [0, 0.05) is 0 Å². The van der Waals surface area contributed by atoms with E-state index in [1.807, 2.05) is 0 Å². The molecule has 2 heterocycles. The van der Waals surface area contributed by atoms with Crippen molar-refractivity contribution in [2.75, 3.05) is 0 Å². The summed E-state index contributed by atoms with van der Waals surface area (Å²) in [6.45, 7) is 13.4. The molecule has 19 heavy (non-hydrogen) atoms. The Morgan fingerprint density at radius 2 is 1.42 bits per heavy atom. The van der Waals surface area contributed by atoms with Crippen molar-refractivity contribution in [3.8, 4) is 0 Å². The van der Waals surface area contributed by atoms with Gasteiger partial charge in [0.2, 0.25) is 0 Å². The molecule has 0 radical (unpaired) electrons. The quantitative estimate of drug-likeness (QED) is 0.709. The van der Waals surface area contributed by atoms with E-state index in [1.54, 1.807) is 0 Å². The summed E-state index contributed by atoms with van der Waals surface area (Å²) < 4.78 is 6.45. The third kappa shape index (κ3) is 2.58. The van der Waals surface area contributed by atoms with E-state index in [2.05, 4.69) is 41.5 Å². The van der Waals surface area contributed by atoms with Gasteiger partial charge in [0.25, 0.3) is 0 Å². The second-order valence-electron chi connectivity index (χ2n) is 8.84. The second-order valence-corrected chi connectivity index (χ2v) is 8.84. The average Bonchev–Trinajstić information content (AvgIpc) is 2.66. The molecule has 2 aliphatic heterocycles. The second kappa shape index (κ2) is 4.46. The van der Waals surface area contributed by atoms with Crippen molar-refractivity contribution in [2.45, 2.75) is 97.4 Å². The monoisotopic (exact) mass is 268 g/mol. The van der Waals surface area contributed by atoms with Crippen LogP contribution in [0.4, 0.5) is 0 Å². The van der Waals surface area contributed by atoms with Gasteiger partial charge in [0.15, 0.2) is 0 Å². The number of fused-ring (bicyclic) bond motifs is 2. The van der Waals surface area contributed by atoms with Crippen LogP contribution in [0.1, 0.15) is 80.1 Å². The highest BCUT2D eigenvalue weighted by Gasteiger charge is 2.53. The molecule has 2 rings (SSSR count). The molecule has 2 bridgehead atoms. The van der Waals surface area contributed by atoms with Crippen molar-refractivity contribution in [3.63, 3.8) is 0 Å². The molecule has 2 nitrogen and oxygen atoms in total. The molecule has 0 aromatic carbocycles. The highest BCUT2D eigenvalue weighted by Crippen LogP contribution is 2.52. The lowest BCUT2D eigenvalue weighted by molar-refractivity contribution is -0.161. The molecule has 2 saturated heterocycles. The molecular formula is C17H32O2. The van der Waals surface area contributed by atoms with E-state index in [1.165, 1.54) is 0 Å². The molecule has 0 saturated carbocycles. The molecule has 0 spiro atoms. The minimum Gasteiger partial charge on any atom is -0.389 e. The Labute approximate surface area is 118 Å². The third-order valence-corrected chi connectivity index (χ3v) is 5.85. The zero-order chi connectivity index (χ0) is 14.5. The molecular weight excluding hydrogens is 236 g/mol. The van der Waals surface area contributed by atoms with Crippen LogP contribution in [0, 0.1) is 10.8 Å². The Hall–Kier alpha value is -0.0800. The summed E-state index contributed by atoms with van der Waals surface area (Å²) in [6.07, 6.45) is 6.40. The lowest BCUT2D eigenvalue weighted by Crippen LogP contribution is -2.50. The van der Waals surface area contributed by atoms with E-state index in [4.69, 9.17) is 4.74 Å². The largest absolute Gasteiger partial charge is 0.389 e. The van der Waals surface area contributed by atoms with Crippen LogP contribution in [0.2, 0.25) is 0 Å². The molecule has 112 valence electrons. The Bertz CT molecular complexity index is 336. The number of aliphatic hydroxyl groups is 1. The van der Waals surface area contributed by atoms with Crippen LogP contribution in [0.15, 0.2) is 0 Å². The maximum atomic E-state index is 11.1. The minimum absolute atomic E-state index is 0.0304. The predicted molar refractivity (Wildman–Crippen MR) is 79.2 cm³/mol. The molecule has 2 heteroatoms. The van der Waals surface area contributed by atoms with Gasteiger partial charge in [-0.1, -0.05) is 41.5 Å². The van der Waals surface area contributed by atoms with Crippen LogP contribution >= 0.6 is 0 Å². The highest BCUT2D eigenvalue weighted by atomic mass is 16.5. The minimum atomic E-state index is -0.546. The predicted octanol–water partition coefficient (Wildman–Crippen LogP) is 4.30. The van der Waals surface area contributed by atoms with Crippen LogP contribution in [-0.2, 0) is 4.74 Å².